The lowest BCUT2D eigenvalue weighted by Crippen LogP contribution is -2.26. The van der Waals surface area contributed by atoms with Crippen molar-refractivity contribution in [1.29, 1.82) is 0 Å². The standard InChI is InChI=1S/C64H71N5O2S/c1-6-11-16-17-26-58-53(60-65-66-61(62(70)71)69(60)67-58)43-48-33-36-59(72-48)44-27-29-45(30-28-44)68(46-31-34-51-49-22-18-20-24-54(49)63(37-12-7-2,38-13-8-3)56(51)41-46)47-32-35-52-50-23-19-21-25-55(50)64(39-14-9-4,40-15-10-5)57(52)42-47/h18-25,27-36,41-43H,6-17,26,37-40H2,1-5H3,(H,70,71)/b53-43-. The van der Waals surface area contributed by atoms with Crippen LogP contribution in [0.5, 0.6) is 0 Å². The van der Waals surface area contributed by atoms with Gasteiger partial charge in [0.25, 0.3) is 5.82 Å². The number of carboxylic acids is 1. The maximum absolute atomic E-state index is 12.0. The van der Waals surface area contributed by atoms with Gasteiger partial charge in [-0.05, 0) is 143 Å². The van der Waals surface area contributed by atoms with Gasteiger partial charge >= 0.3 is 5.97 Å². The Bertz CT molecular complexity index is 3120. The van der Waals surface area contributed by atoms with Crippen LogP contribution in [0.15, 0.2) is 121 Å². The smallest absolute Gasteiger partial charge is 0.375 e. The Kier molecular flexibility index (Phi) is 14.6. The van der Waals surface area contributed by atoms with E-state index in [0.717, 1.165) is 89.7 Å². The molecule has 8 heteroatoms. The maximum atomic E-state index is 12.0. The van der Waals surface area contributed by atoms with Gasteiger partial charge in [-0.1, -0.05) is 178 Å². The van der Waals surface area contributed by atoms with Crippen LogP contribution in [-0.2, 0) is 17.3 Å². The van der Waals surface area contributed by atoms with Gasteiger partial charge in [-0.15, -0.1) is 21.5 Å². The van der Waals surface area contributed by atoms with Crippen molar-refractivity contribution in [2.75, 3.05) is 4.90 Å². The predicted molar refractivity (Wildman–Crippen MR) is 299 cm³/mol. The normalized spacial score (nSPS) is 14.2. The Morgan fingerprint density at radius 3 is 1.61 bits per heavy atom. The molecule has 0 amide bonds. The van der Waals surface area contributed by atoms with Crippen LogP contribution in [0.25, 0.3) is 44.4 Å². The van der Waals surface area contributed by atoms with Crippen molar-refractivity contribution < 1.29 is 9.90 Å². The monoisotopic (exact) mass is 974 g/mol. The molecular weight excluding hydrogens is 903 g/mol. The summed E-state index contributed by atoms with van der Waals surface area (Å²) in [5.41, 5.74) is 17.5. The number of rotatable bonds is 23. The van der Waals surface area contributed by atoms with Gasteiger partial charge in [-0.25, -0.2) is 4.79 Å². The SMILES string of the molecule is CCCCCCc1nn2c(C(=O)O)nnc2/c1=C\c1ccc(-c2ccc(N(c3ccc4c(c3)C(CCCC)(CCCC)c3ccccc3-4)c3ccc4c(c3)C(CCCC)(CCCC)c3ccccc3-4)cc2)s1. The lowest BCUT2D eigenvalue weighted by atomic mass is 9.70. The fourth-order valence-corrected chi connectivity index (χ4v) is 13.3. The number of nitrogens with zero attached hydrogens (tertiary/aromatic N) is 5. The summed E-state index contributed by atoms with van der Waals surface area (Å²) in [6.45, 7) is 11.5. The third kappa shape index (κ3) is 8.88. The van der Waals surface area contributed by atoms with E-state index in [0.29, 0.717) is 5.65 Å². The molecule has 0 atom stereocenters. The zero-order valence-corrected chi connectivity index (χ0v) is 44.0. The molecule has 0 unspecified atom stereocenters. The zero-order chi connectivity index (χ0) is 49.8. The van der Waals surface area contributed by atoms with E-state index < -0.39 is 5.97 Å². The average molecular weight is 974 g/mol. The van der Waals surface area contributed by atoms with E-state index in [1.54, 1.807) is 11.3 Å². The lowest BCUT2D eigenvalue weighted by Gasteiger charge is -2.35. The van der Waals surface area contributed by atoms with Crippen molar-refractivity contribution in [1.82, 2.24) is 19.8 Å². The first-order chi connectivity index (χ1) is 35.3. The van der Waals surface area contributed by atoms with Crippen LogP contribution in [0.4, 0.5) is 17.1 Å². The van der Waals surface area contributed by atoms with E-state index in [4.69, 9.17) is 5.10 Å². The van der Waals surface area contributed by atoms with E-state index in [-0.39, 0.29) is 16.7 Å². The van der Waals surface area contributed by atoms with Gasteiger partial charge in [0.05, 0.1) is 5.69 Å². The summed E-state index contributed by atoms with van der Waals surface area (Å²) < 4.78 is 1.40. The Balaban J connectivity index is 1.09. The molecule has 0 radical (unpaired) electrons. The average Bonchev–Trinajstić information content (AvgIpc) is 4.23. The summed E-state index contributed by atoms with van der Waals surface area (Å²) in [5, 5.41) is 23.7. The molecule has 1 N–H and O–H groups in total. The Hall–Kier alpha value is -6.38. The summed E-state index contributed by atoms with van der Waals surface area (Å²) in [6, 6.07) is 46.8. The second kappa shape index (κ2) is 21.4. The van der Waals surface area contributed by atoms with Crippen molar-refractivity contribution >= 4 is 46.1 Å². The number of aryl methyl sites for hydroxylation is 1. The minimum absolute atomic E-state index is 0.0287. The highest BCUT2D eigenvalue weighted by Gasteiger charge is 2.44. The minimum Gasteiger partial charge on any atom is -0.475 e. The molecule has 3 heterocycles. The Morgan fingerprint density at radius 2 is 1.08 bits per heavy atom. The Morgan fingerprint density at radius 1 is 0.569 bits per heavy atom. The highest BCUT2D eigenvalue weighted by molar-refractivity contribution is 7.16. The number of carbonyl (C=O) groups is 1. The molecule has 0 fully saturated rings. The third-order valence-electron chi connectivity index (χ3n) is 16.0. The molecule has 10 rings (SSSR count). The number of hydrogen-bond acceptors (Lipinski definition) is 6. The number of aromatic carboxylic acids is 1. The van der Waals surface area contributed by atoms with Crippen LogP contribution in [0.1, 0.15) is 181 Å². The molecule has 0 aliphatic heterocycles. The Labute approximate surface area is 431 Å². The predicted octanol–water partition coefficient (Wildman–Crippen LogP) is 17.0. The van der Waals surface area contributed by atoms with Crippen LogP contribution in [0.2, 0.25) is 0 Å². The van der Waals surface area contributed by atoms with Crippen molar-refractivity contribution in [2.24, 2.45) is 0 Å². The number of aromatic nitrogens is 4. The molecule has 0 spiro atoms. The third-order valence-corrected chi connectivity index (χ3v) is 17.1. The number of benzene rings is 5. The van der Waals surface area contributed by atoms with Gasteiger partial charge in [-0.3, -0.25) is 0 Å². The summed E-state index contributed by atoms with van der Waals surface area (Å²) in [5.74, 6) is -1.29. The fraction of sp³-hybridized carbons (Fsp3) is 0.375. The topological polar surface area (TPSA) is 83.6 Å². The first kappa shape index (κ1) is 49.2. The van der Waals surface area contributed by atoms with E-state index in [1.165, 1.54) is 112 Å². The molecule has 0 bridgehead atoms. The van der Waals surface area contributed by atoms with Gasteiger partial charge < -0.3 is 10.0 Å². The molecule has 2 aliphatic rings. The molecule has 7 nitrogen and oxygen atoms in total. The largest absolute Gasteiger partial charge is 0.475 e. The van der Waals surface area contributed by atoms with Crippen molar-refractivity contribution in [3.63, 3.8) is 0 Å². The van der Waals surface area contributed by atoms with Crippen molar-refractivity contribution in [2.45, 2.75) is 155 Å². The number of carboxylic acid groups (broad SMARTS) is 1. The molecule has 5 aromatic carbocycles. The quantitative estimate of drug-likeness (QED) is 0.0643. The zero-order valence-electron chi connectivity index (χ0n) is 43.1. The van der Waals surface area contributed by atoms with Crippen molar-refractivity contribution in [3.8, 4) is 32.7 Å². The molecule has 3 aromatic heterocycles. The van der Waals surface area contributed by atoms with Gasteiger partial charge in [0.15, 0.2) is 5.65 Å². The molecule has 0 saturated heterocycles. The van der Waals surface area contributed by atoms with E-state index in [9.17, 15) is 9.90 Å². The molecule has 8 aromatic rings. The van der Waals surface area contributed by atoms with Crippen LogP contribution in [-0.4, -0.2) is 30.9 Å². The van der Waals surface area contributed by atoms with E-state index in [1.807, 2.05) is 0 Å². The number of anilines is 3. The van der Waals surface area contributed by atoms with Gasteiger partial charge in [0.1, 0.15) is 0 Å². The lowest BCUT2D eigenvalue weighted by molar-refractivity contribution is 0.0680. The van der Waals surface area contributed by atoms with Gasteiger partial charge in [0, 0.05) is 42.9 Å². The number of unbranched alkanes of at least 4 members (excludes halogenated alkanes) is 7. The molecule has 72 heavy (non-hydrogen) atoms. The molecule has 2 aliphatic carbocycles. The van der Waals surface area contributed by atoms with Crippen LogP contribution in [0.3, 0.4) is 0 Å². The minimum atomic E-state index is -1.13. The second-order valence-corrected chi connectivity index (χ2v) is 21.7. The van der Waals surface area contributed by atoms with Crippen LogP contribution in [0, 0.1) is 0 Å². The summed E-state index contributed by atoms with van der Waals surface area (Å²) in [6.07, 6.45) is 21.3. The van der Waals surface area contributed by atoms with Crippen LogP contribution < -0.4 is 10.1 Å². The summed E-state index contributed by atoms with van der Waals surface area (Å²) >= 11 is 1.72. The molecular formula is C64H71N5O2S. The fourth-order valence-electron chi connectivity index (χ4n) is 12.4. The molecule has 0 saturated carbocycles. The first-order valence-corrected chi connectivity index (χ1v) is 28.1. The number of fused-ring (bicyclic) bond motifs is 7. The van der Waals surface area contributed by atoms with Crippen LogP contribution >= 0.6 is 11.3 Å². The van der Waals surface area contributed by atoms with Gasteiger partial charge in [0.2, 0.25) is 0 Å². The molecule has 370 valence electrons. The number of hydrogen-bond donors (Lipinski definition) is 1. The summed E-state index contributed by atoms with van der Waals surface area (Å²) in [7, 11) is 0. The first-order valence-electron chi connectivity index (χ1n) is 27.3. The summed E-state index contributed by atoms with van der Waals surface area (Å²) in [4.78, 5) is 16.8. The van der Waals surface area contributed by atoms with E-state index in [2.05, 4.69) is 177 Å². The number of thiophene rings is 1. The van der Waals surface area contributed by atoms with Crippen molar-refractivity contribution in [3.05, 3.63) is 165 Å². The van der Waals surface area contributed by atoms with Gasteiger partial charge in [-0.2, -0.15) is 9.61 Å². The second-order valence-electron chi connectivity index (χ2n) is 20.6. The maximum Gasteiger partial charge on any atom is 0.375 e. The highest BCUT2D eigenvalue weighted by atomic mass is 32.1. The van der Waals surface area contributed by atoms with E-state index >= 15 is 0 Å². The highest BCUT2D eigenvalue weighted by Crippen LogP contribution is 2.58.